The van der Waals surface area contributed by atoms with Gasteiger partial charge in [-0.15, -0.1) is 0 Å². The van der Waals surface area contributed by atoms with E-state index in [2.05, 4.69) is 41.5 Å². The minimum atomic E-state index is -0.997. The third kappa shape index (κ3) is 2.08. The molecule has 0 fully saturated rings. The zero-order valence-corrected chi connectivity index (χ0v) is 12.2. The molecule has 0 bridgehead atoms. The predicted molar refractivity (Wildman–Crippen MR) is 70.8 cm³/mol. The number of rotatable bonds is 7. The molecule has 0 unspecified atom stereocenters. The smallest absolute Gasteiger partial charge is 0.0589 e. The molecule has 0 spiro atoms. The molecule has 0 aliphatic carbocycles. The van der Waals surface area contributed by atoms with Crippen molar-refractivity contribution in [3.63, 3.8) is 0 Å². The molecule has 0 amide bonds. The summed E-state index contributed by atoms with van der Waals surface area (Å²) >= 11 is 0. The van der Waals surface area contributed by atoms with Crippen LogP contribution in [-0.2, 0) is 0 Å². The Balaban J connectivity index is 5.08. The fourth-order valence-corrected chi connectivity index (χ4v) is 9.75. The molecule has 0 aromatic rings. The van der Waals surface area contributed by atoms with Gasteiger partial charge < -0.3 is 0 Å². The van der Waals surface area contributed by atoms with Crippen LogP contribution in [0.25, 0.3) is 0 Å². The fraction of sp³-hybridized carbons (Fsp3) is 1.00. The van der Waals surface area contributed by atoms with Gasteiger partial charge in [0.2, 0.25) is 0 Å². The second-order valence-corrected chi connectivity index (χ2v) is 10.4. The van der Waals surface area contributed by atoms with Gasteiger partial charge in [0.25, 0.3) is 0 Å². The summed E-state index contributed by atoms with van der Waals surface area (Å²) in [6.45, 7) is 14.6. The van der Waals surface area contributed by atoms with E-state index in [9.17, 15) is 0 Å². The van der Waals surface area contributed by atoms with Crippen LogP contribution in [0.1, 0.15) is 60.8 Å². The first-order valence-electron chi connectivity index (χ1n) is 6.61. The van der Waals surface area contributed by atoms with Crippen molar-refractivity contribution < 1.29 is 0 Å². The molecule has 0 N–H and O–H groups in total. The molecule has 14 heavy (non-hydrogen) atoms. The number of hydrogen-bond acceptors (Lipinski definition) is 0. The van der Waals surface area contributed by atoms with E-state index in [0.29, 0.717) is 0 Å². The average Bonchev–Trinajstić information content (AvgIpc) is 2.27. The van der Waals surface area contributed by atoms with Gasteiger partial charge in [0.05, 0.1) is 8.07 Å². The lowest BCUT2D eigenvalue weighted by molar-refractivity contribution is 0.469. The van der Waals surface area contributed by atoms with Crippen LogP contribution in [0.2, 0.25) is 23.2 Å². The second kappa shape index (κ2) is 5.94. The van der Waals surface area contributed by atoms with Gasteiger partial charge >= 0.3 is 0 Å². The largest absolute Gasteiger partial charge is 0.0678 e. The summed E-state index contributed by atoms with van der Waals surface area (Å²) in [6.07, 6.45) is 4.21. The highest BCUT2D eigenvalue weighted by Crippen LogP contribution is 2.52. The van der Waals surface area contributed by atoms with Crippen molar-refractivity contribution in [3.8, 4) is 0 Å². The highest BCUT2D eigenvalue weighted by atomic mass is 28.3. The topological polar surface area (TPSA) is 0 Å². The summed E-state index contributed by atoms with van der Waals surface area (Å²) in [7, 11) is -0.997. The zero-order valence-electron chi connectivity index (χ0n) is 11.2. The Morgan fingerprint density at radius 3 is 1.00 bits per heavy atom. The van der Waals surface area contributed by atoms with Crippen LogP contribution < -0.4 is 0 Å². The van der Waals surface area contributed by atoms with E-state index in [-0.39, 0.29) is 0 Å². The molecule has 0 aliphatic heterocycles. The van der Waals surface area contributed by atoms with E-state index >= 15 is 0 Å². The predicted octanol–water partition coefficient (Wildman–Crippen LogP) is 5.47. The molecule has 0 radical (unpaired) electrons. The molecule has 0 rings (SSSR count). The quantitative estimate of drug-likeness (QED) is 0.493. The molecule has 0 heterocycles. The SMILES string of the molecule is CCC(CC)(CC)[Si](CC)(CC)CC. The minimum Gasteiger partial charge on any atom is -0.0678 e. The van der Waals surface area contributed by atoms with E-state index in [4.69, 9.17) is 0 Å². The number of hydrogen-bond donors (Lipinski definition) is 0. The van der Waals surface area contributed by atoms with Crippen LogP contribution in [0.15, 0.2) is 0 Å². The van der Waals surface area contributed by atoms with Gasteiger partial charge in [-0.2, -0.15) is 0 Å². The van der Waals surface area contributed by atoms with E-state index in [0.717, 1.165) is 5.04 Å². The standard InChI is InChI=1S/C13H30Si/c1-7-13(8-2,9-3)14(10-4,11-5)12-6/h7-12H2,1-6H3. The van der Waals surface area contributed by atoms with E-state index in [1.165, 1.54) is 37.4 Å². The Kier molecular flexibility index (Phi) is 6.04. The summed E-state index contributed by atoms with van der Waals surface area (Å²) in [5, 5.41) is 0.727. The fourth-order valence-electron chi connectivity index (χ4n) is 3.75. The summed E-state index contributed by atoms with van der Waals surface area (Å²) in [5.74, 6) is 0. The molecular formula is C13H30Si. The molecule has 1 heteroatoms. The van der Waals surface area contributed by atoms with Gasteiger partial charge in [-0.05, 0) is 5.04 Å². The van der Waals surface area contributed by atoms with Gasteiger partial charge in [0, 0.05) is 0 Å². The lowest BCUT2D eigenvalue weighted by Gasteiger charge is -2.48. The van der Waals surface area contributed by atoms with Crippen molar-refractivity contribution >= 4 is 8.07 Å². The first kappa shape index (κ1) is 14.2. The average molecular weight is 214 g/mol. The van der Waals surface area contributed by atoms with E-state index in [1.807, 2.05) is 0 Å². The maximum Gasteiger partial charge on any atom is 0.0589 e. The van der Waals surface area contributed by atoms with Crippen LogP contribution in [0.4, 0.5) is 0 Å². The van der Waals surface area contributed by atoms with Crippen molar-refractivity contribution in [2.75, 3.05) is 0 Å². The van der Waals surface area contributed by atoms with Crippen LogP contribution >= 0.6 is 0 Å². The van der Waals surface area contributed by atoms with Gasteiger partial charge in [-0.3, -0.25) is 0 Å². The monoisotopic (exact) mass is 214 g/mol. The molecule has 86 valence electrons. The molecule has 0 aromatic heterocycles. The highest BCUT2D eigenvalue weighted by Gasteiger charge is 2.45. The Bertz CT molecular complexity index is 109. The summed E-state index contributed by atoms with van der Waals surface area (Å²) in [5.41, 5.74) is 0. The molecule has 0 saturated heterocycles. The van der Waals surface area contributed by atoms with Crippen molar-refractivity contribution in [2.24, 2.45) is 0 Å². The maximum absolute atomic E-state index is 2.44. The van der Waals surface area contributed by atoms with Crippen LogP contribution in [0.5, 0.6) is 0 Å². The summed E-state index contributed by atoms with van der Waals surface area (Å²) < 4.78 is 0. The Morgan fingerprint density at radius 1 is 0.643 bits per heavy atom. The first-order valence-corrected chi connectivity index (χ1v) is 9.24. The van der Waals surface area contributed by atoms with Gasteiger partial charge in [-0.1, -0.05) is 78.9 Å². The van der Waals surface area contributed by atoms with Crippen LogP contribution in [0.3, 0.4) is 0 Å². The third-order valence-electron chi connectivity index (χ3n) is 5.19. The maximum atomic E-state index is 2.44. The van der Waals surface area contributed by atoms with Gasteiger partial charge in [0.1, 0.15) is 0 Å². The highest BCUT2D eigenvalue weighted by molar-refractivity contribution is 6.82. The Morgan fingerprint density at radius 2 is 0.929 bits per heavy atom. The molecule has 0 aromatic carbocycles. The summed E-state index contributed by atoms with van der Waals surface area (Å²) in [6, 6.07) is 4.44. The van der Waals surface area contributed by atoms with Crippen molar-refractivity contribution in [3.05, 3.63) is 0 Å². The summed E-state index contributed by atoms with van der Waals surface area (Å²) in [4.78, 5) is 0. The third-order valence-corrected chi connectivity index (χ3v) is 12.6. The first-order chi connectivity index (χ1) is 6.61. The lowest BCUT2D eigenvalue weighted by atomic mass is 9.99. The lowest BCUT2D eigenvalue weighted by Crippen LogP contribution is -2.45. The molecular weight excluding hydrogens is 184 g/mol. The van der Waals surface area contributed by atoms with E-state index < -0.39 is 8.07 Å². The van der Waals surface area contributed by atoms with Gasteiger partial charge in [0.15, 0.2) is 0 Å². The zero-order chi connectivity index (χ0) is 11.2. The van der Waals surface area contributed by atoms with Crippen molar-refractivity contribution in [1.82, 2.24) is 0 Å². The Hall–Kier alpha value is 0.217. The van der Waals surface area contributed by atoms with E-state index in [1.54, 1.807) is 0 Å². The second-order valence-electron chi connectivity index (χ2n) is 4.68. The van der Waals surface area contributed by atoms with Crippen molar-refractivity contribution in [2.45, 2.75) is 84.0 Å². The molecule has 0 atom stereocenters. The molecule has 0 nitrogen and oxygen atoms in total. The molecule has 0 aliphatic rings. The van der Waals surface area contributed by atoms with Crippen LogP contribution in [0, 0.1) is 0 Å². The van der Waals surface area contributed by atoms with Crippen molar-refractivity contribution in [1.29, 1.82) is 0 Å². The van der Waals surface area contributed by atoms with Gasteiger partial charge in [-0.25, -0.2) is 0 Å². The minimum absolute atomic E-state index is 0.727. The normalized spacial score (nSPS) is 13.3. The molecule has 0 saturated carbocycles. The Labute approximate surface area is 92.5 Å². The van der Waals surface area contributed by atoms with Crippen LogP contribution in [-0.4, -0.2) is 8.07 Å².